The second-order valence-corrected chi connectivity index (χ2v) is 6.15. The van der Waals surface area contributed by atoms with Gasteiger partial charge >= 0.3 is 0 Å². The second kappa shape index (κ2) is 5.46. The molecule has 4 nitrogen and oxygen atoms in total. The minimum absolute atomic E-state index is 0.0890. The third kappa shape index (κ3) is 2.72. The number of sulfonamides is 1. The van der Waals surface area contributed by atoms with Crippen molar-refractivity contribution in [1.82, 2.24) is 0 Å². The SMILES string of the molecule is CC(=O)N(c1cc[c]cc1)S(=O)(=O)c1ccc(C)cc1. The van der Waals surface area contributed by atoms with Gasteiger partial charge in [-0.15, -0.1) is 0 Å². The monoisotopic (exact) mass is 288 g/mol. The van der Waals surface area contributed by atoms with Crippen LogP contribution in [0.4, 0.5) is 5.69 Å². The van der Waals surface area contributed by atoms with Gasteiger partial charge < -0.3 is 0 Å². The summed E-state index contributed by atoms with van der Waals surface area (Å²) in [5, 5.41) is 0. The Bertz CT molecular complexity index is 707. The molecule has 0 N–H and O–H groups in total. The first-order valence-electron chi connectivity index (χ1n) is 6.01. The number of benzene rings is 2. The summed E-state index contributed by atoms with van der Waals surface area (Å²) >= 11 is 0. The Hall–Kier alpha value is -2.14. The zero-order chi connectivity index (χ0) is 14.8. The number of hydrogen-bond acceptors (Lipinski definition) is 3. The van der Waals surface area contributed by atoms with E-state index >= 15 is 0 Å². The van der Waals surface area contributed by atoms with E-state index < -0.39 is 15.9 Å². The Morgan fingerprint density at radius 2 is 1.60 bits per heavy atom. The Morgan fingerprint density at radius 1 is 1.05 bits per heavy atom. The van der Waals surface area contributed by atoms with Crippen molar-refractivity contribution in [3.8, 4) is 0 Å². The molecule has 0 aliphatic heterocycles. The summed E-state index contributed by atoms with van der Waals surface area (Å²) in [6.07, 6.45) is 0. The maximum Gasteiger partial charge on any atom is 0.270 e. The molecule has 20 heavy (non-hydrogen) atoms. The van der Waals surface area contributed by atoms with Crippen LogP contribution in [0.5, 0.6) is 0 Å². The summed E-state index contributed by atoms with van der Waals surface area (Å²) < 4.78 is 26.0. The Labute approximate surface area is 118 Å². The molecular formula is C15H14NO3S. The summed E-state index contributed by atoms with van der Waals surface area (Å²) in [6, 6.07) is 15.4. The van der Waals surface area contributed by atoms with Crippen LogP contribution in [-0.2, 0) is 14.8 Å². The Morgan fingerprint density at radius 3 is 2.10 bits per heavy atom. The summed E-state index contributed by atoms with van der Waals surface area (Å²) in [5.74, 6) is -0.559. The van der Waals surface area contributed by atoms with E-state index in [9.17, 15) is 13.2 Å². The lowest BCUT2D eigenvalue weighted by Gasteiger charge is -2.21. The smallest absolute Gasteiger partial charge is 0.270 e. The molecule has 103 valence electrons. The van der Waals surface area contributed by atoms with Crippen molar-refractivity contribution >= 4 is 21.6 Å². The van der Waals surface area contributed by atoms with E-state index in [0.717, 1.165) is 9.87 Å². The van der Waals surface area contributed by atoms with Gasteiger partial charge in [0, 0.05) is 6.92 Å². The van der Waals surface area contributed by atoms with E-state index in [1.165, 1.54) is 31.2 Å². The predicted octanol–water partition coefficient (Wildman–Crippen LogP) is 2.54. The fourth-order valence-electron chi connectivity index (χ4n) is 1.82. The molecule has 0 unspecified atom stereocenters. The maximum absolute atomic E-state index is 12.6. The number of amides is 1. The Balaban J connectivity index is 2.54. The van der Waals surface area contributed by atoms with Gasteiger partial charge in [-0.1, -0.05) is 29.8 Å². The van der Waals surface area contributed by atoms with E-state index in [1.807, 2.05) is 6.92 Å². The molecule has 0 saturated carbocycles. The average Bonchev–Trinajstić information content (AvgIpc) is 2.39. The molecule has 0 heterocycles. The van der Waals surface area contributed by atoms with E-state index in [0.29, 0.717) is 5.69 Å². The highest BCUT2D eigenvalue weighted by molar-refractivity contribution is 7.93. The lowest BCUT2D eigenvalue weighted by atomic mass is 10.2. The summed E-state index contributed by atoms with van der Waals surface area (Å²) in [5.41, 5.74) is 1.25. The van der Waals surface area contributed by atoms with Gasteiger partial charge in [-0.2, -0.15) is 0 Å². The molecule has 5 heteroatoms. The quantitative estimate of drug-likeness (QED) is 0.872. The normalized spacial score (nSPS) is 11.1. The first-order chi connectivity index (χ1) is 9.43. The van der Waals surface area contributed by atoms with E-state index in [-0.39, 0.29) is 4.90 Å². The molecule has 0 bridgehead atoms. The summed E-state index contributed by atoms with van der Waals surface area (Å²) in [7, 11) is -3.90. The van der Waals surface area contributed by atoms with Crippen LogP contribution in [-0.4, -0.2) is 14.3 Å². The first kappa shape index (κ1) is 14.3. The minimum Gasteiger partial charge on any atom is -0.274 e. The average molecular weight is 288 g/mol. The van der Waals surface area contributed by atoms with Crippen molar-refractivity contribution in [2.24, 2.45) is 0 Å². The molecular weight excluding hydrogens is 274 g/mol. The fourth-order valence-corrected chi connectivity index (χ4v) is 3.25. The molecule has 1 amide bonds. The molecule has 0 spiro atoms. The van der Waals surface area contributed by atoms with Crippen LogP contribution < -0.4 is 4.31 Å². The first-order valence-corrected chi connectivity index (χ1v) is 7.45. The largest absolute Gasteiger partial charge is 0.274 e. The van der Waals surface area contributed by atoms with Gasteiger partial charge in [0.1, 0.15) is 0 Å². The van der Waals surface area contributed by atoms with Gasteiger partial charge in [-0.25, -0.2) is 12.7 Å². The fraction of sp³-hybridized carbons (Fsp3) is 0.133. The summed E-state index contributed by atoms with van der Waals surface area (Å²) in [6.45, 7) is 3.09. The van der Waals surface area contributed by atoms with Crippen molar-refractivity contribution in [2.45, 2.75) is 18.7 Å². The van der Waals surface area contributed by atoms with Crippen molar-refractivity contribution in [3.05, 3.63) is 60.2 Å². The number of carbonyl (C=O) groups is 1. The third-order valence-electron chi connectivity index (χ3n) is 2.78. The van der Waals surface area contributed by atoms with E-state index in [1.54, 1.807) is 24.3 Å². The summed E-state index contributed by atoms with van der Waals surface area (Å²) in [4.78, 5) is 11.9. The topological polar surface area (TPSA) is 54.5 Å². The molecule has 0 atom stereocenters. The molecule has 2 rings (SSSR count). The van der Waals surface area contributed by atoms with Crippen LogP contribution in [0.1, 0.15) is 12.5 Å². The number of anilines is 1. The number of hydrogen-bond donors (Lipinski definition) is 0. The molecule has 0 aromatic heterocycles. The zero-order valence-electron chi connectivity index (χ0n) is 11.2. The van der Waals surface area contributed by atoms with Crippen LogP contribution >= 0.6 is 0 Å². The molecule has 1 radical (unpaired) electrons. The standard InChI is InChI=1S/C15H14NO3S/c1-12-8-10-15(11-9-12)20(18,19)16(13(2)17)14-6-4-3-5-7-14/h4-11H,1-2H3. The van der Waals surface area contributed by atoms with Crippen LogP contribution in [0.2, 0.25) is 0 Å². The lowest BCUT2D eigenvalue weighted by molar-refractivity contribution is -0.115. The number of aryl methyl sites for hydroxylation is 1. The van der Waals surface area contributed by atoms with Gasteiger partial charge in [0.2, 0.25) is 5.91 Å². The number of rotatable bonds is 3. The maximum atomic E-state index is 12.6. The molecule has 0 aliphatic rings. The molecule has 2 aromatic rings. The predicted molar refractivity (Wildman–Crippen MR) is 76.8 cm³/mol. The van der Waals surface area contributed by atoms with Crippen LogP contribution in [0.3, 0.4) is 0 Å². The lowest BCUT2D eigenvalue weighted by Crippen LogP contribution is -2.35. The zero-order valence-corrected chi connectivity index (χ0v) is 12.0. The van der Waals surface area contributed by atoms with Gasteiger partial charge in [0.05, 0.1) is 10.6 Å². The highest BCUT2D eigenvalue weighted by atomic mass is 32.2. The molecule has 0 aliphatic carbocycles. The number of nitrogens with zero attached hydrogens (tertiary/aromatic N) is 1. The van der Waals surface area contributed by atoms with Crippen LogP contribution in [0.25, 0.3) is 0 Å². The van der Waals surface area contributed by atoms with Crippen molar-refractivity contribution in [1.29, 1.82) is 0 Å². The van der Waals surface area contributed by atoms with Crippen LogP contribution in [0.15, 0.2) is 53.4 Å². The van der Waals surface area contributed by atoms with Crippen molar-refractivity contribution < 1.29 is 13.2 Å². The van der Waals surface area contributed by atoms with Crippen molar-refractivity contribution in [3.63, 3.8) is 0 Å². The highest BCUT2D eigenvalue weighted by Gasteiger charge is 2.28. The van der Waals surface area contributed by atoms with Gasteiger partial charge in [-0.05, 0) is 37.3 Å². The minimum atomic E-state index is -3.90. The number of carbonyl (C=O) groups excluding carboxylic acids is 1. The second-order valence-electron chi connectivity index (χ2n) is 4.36. The molecule has 0 fully saturated rings. The highest BCUT2D eigenvalue weighted by Crippen LogP contribution is 2.23. The van der Waals surface area contributed by atoms with Crippen LogP contribution in [0, 0.1) is 13.0 Å². The van der Waals surface area contributed by atoms with Gasteiger partial charge in [0.15, 0.2) is 0 Å². The van der Waals surface area contributed by atoms with Gasteiger partial charge in [-0.3, -0.25) is 4.79 Å². The van der Waals surface area contributed by atoms with E-state index in [4.69, 9.17) is 0 Å². The Kier molecular flexibility index (Phi) is 3.90. The van der Waals surface area contributed by atoms with Crippen molar-refractivity contribution in [2.75, 3.05) is 4.31 Å². The third-order valence-corrected chi connectivity index (χ3v) is 4.60. The van der Waals surface area contributed by atoms with E-state index in [2.05, 4.69) is 6.07 Å². The molecule has 2 aromatic carbocycles. The van der Waals surface area contributed by atoms with Gasteiger partial charge in [0.25, 0.3) is 10.0 Å². The molecule has 0 saturated heterocycles.